The summed E-state index contributed by atoms with van der Waals surface area (Å²) < 4.78 is 28.4. The van der Waals surface area contributed by atoms with E-state index >= 15 is 0 Å². The van der Waals surface area contributed by atoms with Crippen LogP contribution >= 0.6 is 0 Å². The van der Waals surface area contributed by atoms with E-state index in [0.29, 0.717) is 11.3 Å². The summed E-state index contributed by atoms with van der Waals surface area (Å²) in [6.07, 6.45) is 2.84. The molecule has 0 saturated carbocycles. The van der Waals surface area contributed by atoms with E-state index < -0.39 is 10.0 Å². The van der Waals surface area contributed by atoms with Gasteiger partial charge < -0.3 is 9.67 Å². The third kappa shape index (κ3) is 3.84. The molecule has 0 aliphatic heterocycles. The predicted molar refractivity (Wildman–Crippen MR) is 79.2 cm³/mol. The van der Waals surface area contributed by atoms with Crippen LogP contribution in [0.25, 0.3) is 0 Å². The minimum Gasteiger partial charge on any atom is -0.384 e. The average Bonchev–Trinajstić information content (AvgIpc) is 2.83. The summed E-state index contributed by atoms with van der Waals surface area (Å²) in [6, 6.07) is 5.11. The maximum absolute atomic E-state index is 12.2. The zero-order valence-corrected chi connectivity index (χ0v) is 12.5. The molecule has 0 spiro atoms. The molecule has 0 aliphatic carbocycles. The second-order valence-corrected chi connectivity index (χ2v) is 6.16. The van der Waals surface area contributed by atoms with Crippen molar-refractivity contribution in [3.63, 3.8) is 0 Å². The number of nitrogens with zero attached hydrogens (tertiary/aromatic N) is 2. The smallest absolute Gasteiger partial charge is 0.280 e. The SMILES string of the molecule is Cc1cc(C#CCO)cc(NS(=O)(=O)c2cn(C)cn2)c1. The molecular weight excluding hydrogens is 290 g/mol. The molecule has 0 atom stereocenters. The van der Waals surface area contributed by atoms with Gasteiger partial charge in [-0.25, -0.2) is 4.98 Å². The van der Waals surface area contributed by atoms with Gasteiger partial charge in [-0.3, -0.25) is 4.72 Å². The second kappa shape index (κ2) is 5.99. The Kier molecular flexibility index (Phi) is 4.31. The first kappa shape index (κ1) is 15.1. The fraction of sp³-hybridized carbons (Fsp3) is 0.214. The predicted octanol–water partition coefficient (Wildman–Crippen LogP) is 0.873. The molecule has 1 aromatic carbocycles. The van der Waals surface area contributed by atoms with Gasteiger partial charge in [0, 0.05) is 18.8 Å². The van der Waals surface area contributed by atoms with E-state index in [0.717, 1.165) is 5.56 Å². The van der Waals surface area contributed by atoms with E-state index in [1.165, 1.54) is 12.5 Å². The second-order valence-electron chi connectivity index (χ2n) is 4.53. The van der Waals surface area contributed by atoms with Gasteiger partial charge in [0.15, 0.2) is 5.03 Å². The molecule has 2 rings (SSSR count). The van der Waals surface area contributed by atoms with Gasteiger partial charge in [0.2, 0.25) is 0 Å². The van der Waals surface area contributed by atoms with Gasteiger partial charge in [0.1, 0.15) is 6.61 Å². The summed E-state index contributed by atoms with van der Waals surface area (Å²) in [5.41, 5.74) is 1.89. The van der Waals surface area contributed by atoms with Crippen molar-refractivity contribution in [2.45, 2.75) is 11.9 Å². The van der Waals surface area contributed by atoms with Gasteiger partial charge in [-0.1, -0.05) is 11.8 Å². The number of aliphatic hydroxyl groups is 1. The number of hydrogen-bond donors (Lipinski definition) is 2. The maximum atomic E-state index is 12.2. The lowest BCUT2D eigenvalue weighted by molar-refractivity contribution is 0.350. The van der Waals surface area contributed by atoms with Crippen LogP contribution in [0.4, 0.5) is 5.69 Å². The van der Waals surface area contributed by atoms with Crippen LogP contribution < -0.4 is 4.72 Å². The minimum absolute atomic E-state index is 0.0468. The summed E-state index contributed by atoms with van der Waals surface area (Å²) in [5.74, 6) is 5.28. The molecule has 0 radical (unpaired) electrons. The summed E-state index contributed by atoms with van der Waals surface area (Å²) in [4.78, 5) is 3.83. The van der Waals surface area contributed by atoms with E-state index in [1.807, 2.05) is 6.92 Å². The fourth-order valence-corrected chi connectivity index (χ4v) is 2.81. The number of aromatic nitrogens is 2. The van der Waals surface area contributed by atoms with Gasteiger partial charge in [-0.05, 0) is 30.7 Å². The molecule has 110 valence electrons. The Morgan fingerprint density at radius 2 is 2.14 bits per heavy atom. The first-order valence-electron chi connectivity index (χ1n) is 6.13. The number of anilines is 1. The summed E-state index contributed by atoms with van der Waals surface area (Å²) in [6.45, 7) is 1.59. The van der Waals surface area contributed by atoms with E-state index in [1.54, 1.807) is 29.8 Å². The van der Waals surface area contributed by atoms with Crippen LogP contribution in [-0.2, 0) is 17.1 Å². The van der Waals surface area contributed by atoms with Crippen LogP contribution in [0.5, 0.6) is 0 Å². The molecule has 0 bridgehead atoms. The molecule has 0 fully saturated rings. The van der Waals surface area contributed by atoms with Gasteiger partial charge in [0.05, 0.1) is 12.0 Å². The number of imidazole rings is 1. The largest absolute Gasteiger partial charge is 0.384 e. The van der Waals surface area contributed by atoms with Crippen molar-refractivity contribution in [1.82, 2.24) is 9.55 Å². The Balaban J connectivity index is 2.33. The molecular formula is C14H15N3O3S. The Morgan fingerprint density at radius 1 is 1.38 bits per heavy atom. The van der Waals surface area contributed by atoms with E-state index in [-0.39, 0.29) is 11.6 Å². The van der Waals surface area contributed by atoms with Crippen LogP contribution in [0.15, 0.2) is 35.7 Å². The van der Waals surface area contributed by atoms with Gasteiger partial charge in [-0.2, -0.15) is 8.42 Å². The fourth-order valence-electron chi connectivity index (χ4n) is 1.79. The summed E-state index contributed by atoms with van der Waals surface area (Å²) in [7, 11) is -2.03. The van der Waals surface area contributed by atoms with Crippen molar-refractivity contribution in [3.8, 4) is 11.8 Å². The monoisotopic (exact) mass is 305 g/mol. The Hall–Kier alpha value is -2.30. The van der Waals surface area contributed by atoms with Crippen molar-refractivity contribution in [3.05, 3.63) is 41.9 Å². The molecule has 0 aliphatic rings. The molecule has 7 heteroatoms. The first-order chi connectivity index (χ1) is 9.90. The molecule has 21 heavy (non-hydrogen) atoms. The quantitative estimate of drug-likeness (QED) is 0.824. The molecule has 2 N–H and O–H groups in total. The maximum Gasteiger partial charge on any atom is 0.280 e. The topological polar surface area (TPSA) is 84.2 Å². The number of aryl methyl sites for hydroxylation is 2. The van der Waals surface area contributed by atoms with Gasteiger partial charge >= 0.3 is 0 Å². The molecule has 2 aromatic rings. The highest BCUT2D eigenvalue weighted by Gasteiger charge is 2.17. The lowest BCUT2D eigenvalue weighted by Gasteiger charge is -2.07. The Labute approximate surface area is 123 Å². The Bertz CT molecular complexity index is 813. The number of aliphatic hydroxyl groups excluding tert-OH is 1. The number of rotatable bonds is 3. The lowest BCUT2D eigenvalue weighted by Crippen LogP contribution is -2.13. The van der Waals surface area contributed by atoms with Crippen molar-refractivity contribution in [2.24, 2.45) is 7.05 Å². The van der Waals surface area contributed by atoms with E-state index in [9.17, 15) is 8.42 Å². The zero-order valence-electron chi connectivity index (χ0n) is 11.7. The Morgan fingerprint density at radius 3 is 2.76 bits per heavy atom. The number of nitrogens with one attached hydrogen (secondary N) is 1. The number of sulfonamides is 1. The van der Waals surface area contributed by atoms with Crippen LogP contribution in [0.3, 0.4) is 0 Å². The lowest BCUT2D eigenvalue weighted by atomic mass is 10.1. The molecule has 1 heterocycles. The highest BCUT2D eigenvalue weighted by Crippen LogP contribution is 2.18. The van der Waals surface area contributed by atoms with Crippen LogP contribution in [-0.4, -0.2) is 29.7 Å². The molecule has 0 unspecified atom stereocenters. The first-order valence-corrected chi connectivity index (χ1v) is 7.61. The third-order valence-electron chi connectivity index (χ3n) is 2.60. The van der Waals surface area contributed by atoms with Crippen LogP contribution in [0, 0.1) is 18.8 Å². The molecule has 0 amide bonds. The van der Waals surface area contributed by atoms with Crippen molar-refractivity contribution >= 4 is 15.7 Å². The highest BCUT2D eigenvalue weighted by molar-refractivity contribution is 7.92. The van der Waals surface area contributed by atoms with Gasteiger partial charge in [0.25, 0.3) is 10.0 Å². The van der Waals surface area contributed by atoms with Crippen molar-refractivity contribution < 1.29 is 13.5 Å². The van der Waals surface area contributed by atoms with Gasteiger partial charge in [-0.15, -0.1) is 0 Å². The van der Waals surface area contributed by atoms with Crippen LogP contribution in [0.2, 0.25) is 0 Å². The van der Waals surface area contributed by atoms with E-state index in [4.69, 9.17) is 5.11 Å². The van der Waals surface area contributed by atoms with Crippen molar-refractivity contribution in [1.29, 1.82) is 0 Å². The standard InChI is InChI=1S/C14H15N3O3S/c1-11-6-12(4-3-5-18)8-13(7-11)16-21(19,20)14-9-17(2)10-15-14/h6-10,16,18H,5H2,1-2H3. The highest BCUT2D eigenvalue weighted by atomic mass is 32.2. The summed E-state index contributed by atoms with van der Waals surface area (Å²) >= 11 is 0. The third-order valence-corrected chi connectivity index (χ3v) is 3.86. The molecule has 6 nitrogen and oxygen atoms in total. The normalized spacial score (nSPS) is 10.8. The zero-order chi connectivity index (χ0) is 15.5. The molecule has 0 saturated heterocycles. The van der Waals surface area contributed by atoms with E-state index in [2.05, 4.69) is 21.5 Å². The minimum atomic E-state index is -3.73. The van der Waals surface area contributed by atoms with Crippen LogP contribution in [0.1, 0.15) is 11.1 Å². The summed E-state index contributed by atoms with van der Waals surface area (Å²) in [5, 5.41) is 8.66. The molecule has 1 aromatic heterocycles. The number of benzene rings is 1. The van der Waals surface area contributed by atoms with Crippen molar-refractivity contribution in [2.75, 3.05) is 11.3 Å². The number of hydrogen-bond acceptors (Lipinski definition) is 4. The average molecular weight is 305 g/mol.